The number of halogens is 2. The van der Waals surface area contributed by atoms with Gasteiger partial charge in [-0.2, -0.15) is 0 Å². The molecule has 1 heterocycles. The van der Waals surface area contributed by atoms with Crippen molar-refractivity contribution in [3.8, 4) is 0 Å². The molecule has 0 radical (unpaired) electrons. The maximum atomic E-state index is 13.1. The Hall–Kier alpha value is -0.980. The molecule has 0 aromatic heterocycles. The van der Waals surface area contributed by atoms with Gasteiger partial charge in [0.1, 0.15) is 11.4 Å². The number of carbonyl (C=O) groups is 1. The Kier molecular flexibility index (Phi) is 3.99. The van der Waals surface area contributed by atoms with Crippen LogP contribution in [0.3, 0.4) is 0 Å². The fourth-order valence-corrected chi connectivity index (χ4v) is 2.17. The zero-order chi connectivity index (χ0) is 13.2. The topological polar surface area (TPSA) is 64.4 Å². The van der Waals surface area contributed by atoms with Gasteiger partial charge in [0.05, 0.1) is 4.47 Å². The van der Waals surface area contributed by atoms with E-state index in [9.17, 15) is 9.18 Å². The van der Waals surface area contributed by atoms with Gasteiger partial charge in [0.25, 0.3) is 0 Å². The van der Waals surface area contributed by atoms with Crippen LogP contribution in [0, 0.1) is 5.82 Å². The van der Waals surface area contributed by atoms with Gasteiger partial charge in [0.15, 0.2) is 0 Å². The van der Waals surface area contributed by atoms with Crippen molar-refractivity contribution in [2.45, 2.75) is 18.4 Å². The van der Waals surface area contributed by atoms with Crippen LogP contribution >= 0.6 is 15.9 Å². The average molecular weight is 317 g/mol. The maximum Gasteiger partial charge on any atom is 0.244 e. The Morgan fingerprint density at radius 1 is 1.44 bits per heavy atom. The molecule has 1 aromatic rings. The van der Waals surface area contributed by atoms with Crippen molar-refractivity contribution in [2.75, 3.05) is 18.5 Å². The number of ether oxygens (including phenoxy) is 1. The van der Waals surface area contributed by atoms with Crippen LogP contribution in [0.15, 0.2) is 22.7 Å². The van der Waals surface area contributed by atoms with Gasteiger partial charge in [0.2, 0.25) is 5.91 Å². The standard InChI is InChI=1S/C12H14BrFN2O2/c13-9-7-8(1-2-10(9)14)16-11(17)12(15)3-5-18-6-4-12/h1-2,7H,3-6,15H2,(H,16,17). The van der Waals surface area contributed by atoms with Gasteiger partial charge in [0, 0.05) is 18.9 Å². The first-order valence-electron chi connectivity index (χ1n) is 5.64. The van der Waals surface area contributed by atoms with Crippen molar-refractivity contribution in [3.63, 3.8) is 0 Å². The number of hydrogen-bond acceptors (Lipinski definition) is 3. The number of amides is 1. The number of nitrogens with two attached hydrogens (primary N) is 1. The lowest BCUT2D eigenvalue weighted by Gasteiger charge is -2.31. The van der Waals surface area contributed by atoms with Gasteiger partial charge in [-0.25, -0.2) is 4.39 Å². The molecular weight excluding hydrogens is 303 g/mol. The number of rotatable bonds is 2. The number of hydrogen-bond donors (Lipinski definition) is 2. The first-order chi connectivity index (χ1) is 8.51. The van der Waals surface area contributed by atoms with Crippen LogP contribution in [0.1, 0.15) is 12.8 Å². The van der Waals surface area contributed by atoms with E-state index in [1.54, 1.807) is 0 Å². The summed E-state index contributed by atoms with van der Waals surface area (Å²) in [4.78, 5) is 12.1. The molecule has 1 aliphatic rings. The third-order valence-electron chi connectivity index (χ3n) is 3.01. The summed E-state index contributed by atoms with van der Waals surface area (Å²) in [6.45, 7) is 0.966. The third-order valence-corrected chi connectivity index (χ3v) is 3.62. The van der Waals surface area contributed by atoms with Crippen molar-refractivity contribution in [2.24, 2.45) is 5.73 Å². The summed E-state index contributed by atoms with van der Waals surface area (Å²) in [5.74, 6) is -0.633. The molecular formula is C12H14BrFN2O2. The lowest BCUT2D eigenvalue weighted by Crippen LogP contribution is -2.54. The number of benzene rings is 1. The summed E-state index contributed by atoms with van der Waals surface area (Å²) >= 11 is 3.07. The predicted octanol–water partition coefficient (Wildman–Crippen LogP) is 2.03. The van der Waals surface area contributed by atoms with Gasteiger partial charge < -0.3 is 15.8 Å². The van der Waals surface area contributed by atoms with Gasteiger partial charge in [-0.1, -0.05) is 0 Å². The van der Waals surface area contributed by atoms with Crippen molar-refractivity contribution < 1.29 is 13.9 Å². The zero-order valence-corrected chi connectivity index (χ0v) is 11.3. The van der Waals surface area contributed by atoms with Gasteiger partial charge >= 0.3 is 0 Å². The summed E-state index contributed by atoms with van der Waals surface area (Å²) in [7, 11) is 0. The van der Waals surface area contributed by atoms with Crippen LogP contribution in [0.2, 0.25) is 0 Å². The van der Waals surface area contributed by atoms with Crippen LogP contribution in [-0.4, -0.2) is 24.7 Å². The van der Waals surface area contributed by atoms with Crippen molar-refractivity contribution in [1.82, 2.24) is 0 Å². The molecule has 1 aliphatic heterocycles. The van der Waals surface area contributed by atoms with E-state index in [0.717, 1.165) is 0 Å². The molecule has 0 unspecified atom stereocenters. The van der Waals surface area contributed by atoms with Crippen LogP contribution in [0.4, 0.5) is 10.1 Å². The van der Waals surface area contributed by atoms with Gasteiger partial charge in [-0.05, 0) is 47.0 Å². The van der Waals surface area contributed by atoms with E-state index in [-0.39, 0.29) is 11.7 Å². The predicted molar refractivity (Wildman–Crippen MR) is 69.7 cm³/mol. The number of nitrogens with one attached hydrogen (secondary N) is 1. The van der Waals surface area contributed by atoms with E-state index >= 15 is 0 Å². The smallest absolute Gasteiger partial charge is 0.244 e. The van der Waals surface area contributed by atoms with Crippen molar-refractivity contribution in [1.29, 1.82) is 0 Å². The van der Waals surface area contributed by atoms with E-state index in [1.807, 2.05) is 0 Å². The van der Waals surface area contributed by atoms with E-state index in [2.05, 4.69) is 21.2 Å². The number of carbonyl (C=O) groups excluding carboxylic acids is 1. The summed E-state index contributed by atoms with van der Waals surface area (Å²) in [6, 6.07) is 4.30. The minimum atomic E-state index is -0.904. The zero-order valence-electron chi connectivity index (χ0n) is 9.71. The van der Waals surface area contributed by atoms with Crippen molar-refractivity contribution in [3.05, 3.63) is 28.5 Å². The van der Waals surface area contributed by atoms with Gasteiger partial charge in [-0.15, -0.1) is 0 Å². The molecule has 0 aliphatic carbocycles. The Morgan fingerprint density at radius 3 is 2.72 bits per heavy atom. The van der Waals surface area contributed by atoms with E-state index in [4.69, 9.17) is 10.5 Å². The molecule has 2 rings (SSSR count). The normalized spacial score (nSPS) is 18.4. The highest BCUT2D eigenvalue weighted by Crippen LogP contribution is 2.23. The second kappa shape index (κ2) is 5.34. The minimum absolute atomic E-state index is 0.260. The summed E-state index contributed by atoms with van der Waals surface area (Å²) < 4.78 is 18.6. The van der Waals surface area contributed by atoms with Crippen LogP contribution in [0.25, 0.3) is 0 Å². The SMILES string of the molecule is NC1(C(=O)Nc2ccc(F)c(Br)c2)CCOCC1. The first kappa shape index (κ1) is 13.5. The van der Waals surface area contributed by atoms with Crippen LogP contribution < -0.4 is 11.1 Å². The average Bonchev–Trinajstić information content (AvgIpc) is 2.35. The van der Waals surface area contributed by atoms with Crippen LogP contribution in [0.5, 0.6) is 0 Å². The lowest BCUT2D eigenvalue weighted by atomic mass is 9.90. The van der Waals surface area contributed by atoms with Crippen LogP contribution in [-0.2, 0) is 9.53 Å². The summed E-state index contributed by atoms with van der Waals surface area (Å²) in [5, 5.41) is 2.70. The molecule has 3 N–H and O–H groups in total. The van der Waals surface area contributed by atoms with Crippen molar-refractivity contribution >= 4 is 27.5 Å². The lowest BCUT2D eigenvalue weighted by molar-refractivity contribution is -0.124. The Bertz CT molecular complexity index is 461. The Morgan fingerprint density at radius 2 is 2.11 bits per heavy atom. The molecule has 0 atom stereocenters. The Labute approximate surface area is 113 Å². The fraction of sp³-hybridized carbons (Fsp3) is 0.417. The molecule has 1 aromatic carbocycles. The second-order valence-electron chi connectivity index (χ2n) is 4.35. The van der Waals surface area contributed by atoms with Gasteiger partial charge in [-0.3, -0.25) is 4.79 Å². The molecule has 1 amide bonds. The molecule has 0 bridgehead atoms. The molecule has 0 spiro atoms. The van der Waals surface area contributed by atoms with E-state index < -0.39 is 5.54 Å². The fourth-order valence-electron chi connectivity index (χ4n) is 1.79. The molecule has 1 saturated heterocycles. The second-order valence-corrected chi connectivity index (χ2v) is 5.21. The molecule has 18 heavy (non-hydrogen) atoms. The molecule has 0 saturated carbocycles. The molecule has 98 valence electrons. The molecule has 1 fully saturated rings. The summed E-state index contributed by atoms with van der Waals surface area (Å²) in [5.41, 5.74) is 5.66. The summed E-state index contributed by atoms with van der Waals surface area (Å²) in [6.07, 6.45) is 0.975. The number of anilines is 1. The highest BCUT2D eigenvalue weighted by molar-refractivity contribution is 9.10. The maximum absolute atomic E-state index is 13.1. The molecule has 6 heteroatoms. The molecule has 4 nitrogen and oxygen atoms in total. The van der Waals surface area contributed by atoms with E-state index in [1.165, 1.54) is 18.2 Å². The highest BCUT2D eigenvalue weighted by Gasteiger charge is 2.35. The third kappa shape index (κ3) is 2.88. The highest BCUT2D eigenvalue weighted by atomic mass is 79.9. The minimum Gasteiger partial charge on any atom is -0.381 e. The quantitative estimate of drug-likeness (QED) is 0.877. The largest absolute Gasteiger partial charge is 0.381 e. The van der Waals surface area contributed by atoms with E-state index in [0.29, 0.717) is 36.2 Å². The first-order valence-corrected chi connectivity index (χ1v) is 6.44. The monoisotopic (exact) mass is 316 g/mol. The Balaban J connectivity index is 2.08.